The molecule has 0 atom stereocenters. The quantitative estimate of drug-likeness (QED) is 0.554. The fourth-order valence-corrected chi connectivity index (χ4v) is 4.96. The van der Waals surface area contributed by atoms with E-state index in [2.05, 4.69) is 10.0 Å². The second kappa shape index (κ2) is 7.55. The third-order valence-corrected chi connectivity index (χ3v) is 6.66. The highest BCUT2D eigenvalue weighted by Crippen LogP contribution is 2.34. The molecule has 0 aliphatic carbocycles. The number of benzene rings is 3. The van der Waals surface area contributed by atoms with Gasteiger partial charge < -0.3 is 11.1 Å². The molecule has 0 saturated carbocycles. The van der Waals surface area contributed by atoms with Gasteiger partial charge in [-0.3, -0.25) is 9.10 Å². The first-order valence-corrected chi connectivity index (χ1v) is 10.8. The summed E-state index contributed by atoms with van der Waals surface area (Å²) in [6.07, 6.45) is 0.717. The number of nitrogens with two attached hydrogens (primary N) is 1. The molecule has 1 aliphatic heterocycles. The Morgan fingerprint density at radius 1 is 1.10 bits per heavy atom. The summed E-state index contributed by atoms with van der Waals surface area (Å²) >= 11 is 6.25. The number of amides is 1. The van der Waals surface area contributed by atoms with Gasteiger partial charge in [-0.2, -0.15) is 13.1 Å². The summed E-state index contributed by atoms with van der Waals surface area (Å²) < 4.78 is 28.1. The van der Waals surface area contributed by atoms with Gasteiger partial charge in [-0.1, -0.05) is 23.7 Å². The van der Waals surface area contributed by atoms with E-state index in [1.54, 1.807) is 48.5 Å². The Morgan fingerprint density at radius 2 is 1.86 bits per heavy atom. The molecule has 0 bridgehead atoms. The van der Waals surface area contributed by atoms with Gasteiger partial charge in [0, 0.05) is 40.8 Å². The van der Waals surface area contributed by atoms with E-state index in [0.29, 0.717) is 52.5 Å². The number of nitrogens with zero attached hydrogens (tertiary/aromatic N) is 1. The van der Waals surface area contributed by atoms with Crippen LogP contribution in [0.4, 0.5) is 17.1 Å². The average molecular weight is 431 g/mol. The predicted octanol–water partition coefficient (Wildman–Crippen LogP) is 3.37. The van der Waals surface area contributed by atoms with Crippen LogP contribution in [0.3, 0.4) is 0 Å². The van der Waals surface area contributed by atoms with Crippen molar-refractivity contribution in [2.75, 3.05) is 28.4 Å². The molecule has 3 aromatic carbocycles. The lowest BCUT2D eigenvalue weighted by molar-refractivity contribution is 0.102. The van der Waals surface area contributed by atoms with E-state index >= 15 is 0 Å². The van der Waals surface area contributed by atoms with Crippen molar-refractivity contribution in [1.29, 1.82) is 0 Å². The topological polar surface area (TPSA) is 105 Å². The van der Waals surface area contributed by atoms with Crippen LogP contribution >= 0.6 is 11.6 Å². The Kier molecular flexibility index (Phi) is 5.08. The smallest absolute Gasteiger partial charge is 0.301 e. The van der Waals surface area contributed by atoms with Crippen LogP contribution in [0.1, 0.15) is 16.8 Å². The second-order valence-corrected chi connectivity index (χ2v) is 8.78. The van der Waals surface area contributed by atoms with E-state index in [-0.39, 0.29) is 5.91 Å². The first kappa shape index (κ1) is 19.5. The number of hydrogen-bond donors (Lipinski definition) is 3. The van der Waals surface area contributed by atoms with Crippen LogP contribution in [0, 0.1) is 0 Å². The maximum absolute atomic E-state index is 12.7. The number of nitrogens with one attached hydrogen (secondary N) is 2. The molecule has 150 valence electrons. The molecule has 0 unspecified atom stereocenters. The summed E-state index contributed by atoms with van der Waals surface area (Å²) in [4.78, 5) is 12.7. The predicted molar refractivity (Wildman–Crippen MR) is 117 cm³/mol. The number of carbonyl (C=O) groups excluding carboxylic acids is 1. The highest BCUT2D eigenvalue weighted by Gasteiger charge is 2.25. The Morgan fingerprint density at radius 3 is 2.59 bits per heavy atom. The lowest BCUT2D eigenvalue weighted by Crippen LogP contribution is -2.47. The van der Waals surface area contributed by atoms with Crippen LogP contribution in [0.2, 0.25) is 5.02 Å². The van der Waals surface area contributed by atoms with Crippen molar-refractivity contribution in [1.82, 2.24) is 4.72 Å². The molecule has 1 fully saturated rings. The fraction of sp³-hybridized carbons (Fsp3) is 0.150. The number of halogens is 1. The number of rotatable bonds is 3. The number of fused-ring (bicyclic) bond motifs is 1. The third kappa shape index (κ3) is 3.74. The zero-order chi connectivity index (χ0) is 20.6. The van der Waals surface area contributed by atoms with E-state index in [1.165, 1.54) is 4.31 Å². The zero-order valence-corrected chi connectivity index (χ0v) is 16.9. The molecule has 4 rings (SSSR count). The minimum Gasteiger partial charge on any atom is -0.398 e. The number of carbonyl (C=O) groups is 1. The van der Waals surface area contributed by atoms with Gasteiger partial charge in [0.05, 0.1) is 10.7 Å². The van der Waals surface area contributed by atoms with Crippen LogP contribution < -0.4 is 20.1 Å². The van der Waals surface area contributed by atoms with Crippen molar-refractivity contribution in [2.24, 2.45) is 0 Å². The summed E-state index contributed by atoms with van der Waals surface area (Å²) in [6.45, 7) is 0.831. The minimum atomic E-state index is -3.53. The van der Waals surface area contributed by atoms with Gasteiger partial charge in [0.25, 0.3) is 5.91 Å². The largest absolute Gasteiger partial charge is 0.398 e. The standard InChI is InChI=1S/C20H19ClN4O3S/c21-16-9-10-18(15-3-1-4-17(22)19(15)16)24-20(26)13-5-7-14(8-6-13)25-12-2-11-23-29(25,27)28/h1,3-10,23H,2,11-12,22H2,(H,24,26). The van der Waals surface area contributed by atoms with Crippen LogP contribution in [0.15, 0.2) is 54.6 Å². The Balaban J connectivity index is 1.59. The first-order valence-electron chi connectivity index (χ1n) is 9.02. The van der Waals surface area contributed by atoms with Gasteiger partial charge in [0.2, 0.25) is 0 Å². The Hall–Kier alpha value is -2.81. The fourth-order valence-electron chi connectivity index (χ4n) is 3.36. The van der Waals surface area contributed by atoms with E-state index in [1.807, 2.05) is 6.07 Å². The van der Waals surface area contributed by atoms with Gasteiger partial charge in [0.1, 0.15) is 0 Å². The maximum atomic E-state index is 12.7. The van der Waals surface area contributed by atoms with Gasteiger partial charge in [-0.15, -0.1) is 0 Å². The molecular weight excluding hydrogens is 412 g/mol. The van der Waals surface area contributed by atoms with Gasteiger partial charge in [-0.05, 0) is 48.9 Å². The monoisotopic (exact) mass is 430 g/mol. The molecule has 7 nitrogen and oxygen atoms in total. The highest BCUT2D eigenvalue weighted by atomic mass is 35.5. The number of hydrogen-bond acceptors (Lipinski definition) is 4. The van der Waals surface area contributed by atoms with Gasteiger partial charge in [0.15, 0.2) is 0 Å². The average Bonchev–Trinajstić information content (AvgIpc) is 2.70. The van der Waals surface area contributed by atoms with Crippen LogP contribution in [0.25, 0.3) is 10.8 Å². The second-order valence-electron chi connectivity index (χ2n) is 6.69. The Bertz CT molecular complexity index is 1190. The summed E-state index contributed by atoms with van der Waals surface area (Å²) in [5.41, 5.74) is 8.06. The van der Waals surface area contributed by atoms with Crippen LogP contribution in [-0.4, -0.2) is 27.4 Å². The summed E-state index contributed by atoms with van der Waals surface area (Å²) in [7, 11) is -3.53. The molecule has 1 heterocycles. The molecule has 4 N–H and O–H groups in total. The molecule has 3 aromatic rings. The first-order chi connectivity index (χ1) is 13.9. The molecule has 9 heteroatoms. The summed E-state index contributed by atoms with van der Waals surface area (Å²) in [6, 6.07) is 15.2. The van der Waals surface area contributed by atoms with Gasteiger partial charge in [-0.25, -0.2) is 0 Å². The van der Waals surface area contributed by atoms with Crippen LogP contribution in [-0.2, 0) is 10.2 Å². The number of anilines is 3. The molecule has 1 aliphatic rings. The van der Waals surface area contributed by atoms with E-state index in [4.69, 9.17) is 17.3 Å². The van der Waals surface area contributed by atoms with Crippen molar-refractivity contribution in [3.05, 3.63) is 65.2 Å². The molecule has 1 saturated heterocycles. The third-order valence-electron chi connectivity index (χ3n) is 4.80. The molecule has 0 radical (unpaired) electrons. The van der Waals surface area contributed by atoms with E-state index < -0.39 is 10.2 Å². The van der Waals surface area contributed by atoms with Crippen molar-refractivity contribution in [2.45, 2.75) is 6.42 Å². The number of nitrogen functional groups attached to an aromatic ring is 1. The van der Waals surface area contributed by atoms with E-state index in [0.717, 1.165) is 5.39 Å². The normalized spacial score (nSPS) is 16.0. The SMILES string of the molecule is Nc1cccc2c(NC(=O)c3ccc(N4CCCNS4(=O)=O)cc3)ccc(Cl)c12. The zero-order valence-electron chi connectivity index (χ0n) is 15.4. The lowest BCUT2D eigenvalue weighted by Gasteiger charge is -2.28. The van der Waals surface area contributed by atoms with Gasteiger partial charge >= 0.3 is 10.2 Å². The molecule has 0 aromatic heterocycles. The lowest BCUT2D eigenvalue weighted by atomic mass is 10.1. The van der Waals surface area contributed by atoms with Crippen molar-refractivity contribution < 1.29 is 13.2 Å². The molecule has 1 amide bonds. The summed E-state index contributed by atoms with van der Waals surface area (Å²) in [5, 5.41) is 4.81. The molecule has 29 heavy (non-hydrogen) atoms. The minimum absolute atomic E-state index is 0.317. The van der Waals surface area contributed by atoms with E-state index in [9.17, 15) is 13.2 Å². The highest BCUT2D eigenvalue weighted by molar-refractivity contribution is 7.90. The summed E-state index contributed by atoms with van der Waals surface area (Å²) in [5.74, 6) is -0.317. The molecule has 0 spiro atoms. The Labute approximate surface area is 173 Å². The van der Waals surface area contributed by atoms with Crippen molar-refractivity contribution in [3.8, 4) is 0 Å². The van der Waals surface area contributed by atoms with Crippen LogP contribution in [0.5, 0.6) is 0 Å². The van der Waals surface area contributed by atoms with Crippen molar-refractivity contribution >= 4 is 55.6 Å². The van der Waals surface area contributed by atoms with Crippen molar-refractivity contribution in [3.63, 3.8) is 0 Å². The molecular formula is C20H19ClN4O3S. The maximum Gasteiger partial charge on any atom is 0.301 e.